The molecule has 0 saturated heterocycles. The van der Waals surface area contributed by atoms with E-state index in [-0.39, 0.29) is 6.04 Å². The van der Waals surface area contributed by atoms with E-state index in [9.17, 15) is 0 Å². The van der Waals surface area contributed by atoms with Gasteiger partial charge < -0.3 is 18.9 Å². The molecule has 104 valence electrons. The second-order valence-corrected chi connectivity index (χ2v) is 4.59. The van der Waals surface area contributed by atoms with Crippen molar-refractivity contribution >= 4 is 0 Å². The van der Waals surface area contributed by atoms with Crippen LogP contribution >= 0.6 is 0 Å². The smallest absolute Gasteiger partial charge is 0.131 e. The molecular weight excluding hydrogens is 242 g/mol. The normalized spacial score (nSPS) is 12.8. The Morgan fingerprint density at radius 2 is 2.16 bits per heavy atom. The molecule has 19 heavy (non-hydrogen) atoms. The molecule has 0 bridgehead atoms. The van der Waals surface area contributed by atoms with Crippen LogP contribution in [0, 0.1) is 6.92 Å². The topological polar surface area (TPSA) is 47.5 Å². The third-order valence-electron chi connectivity index (χ3n) is 3.02. The van der Waals surface area contributed by atoms with Crippen LogP contribution in [0.15, 0.2) is 33.3 Å². The van der Waals surface area contributed by atoms with Crippen molar-refractivity contribution in [1.82, 2.24) is 5.32 Å². The van der Waals surface area contributed by atoms with E-state index in [4.69, 9.17) is 13.6 Å². The molecule has 4 nitrogen and oxygen atoms in total. The highest BCUT2D eigenvalue weighted by Gasteiger charge is 2.22. The number of rotatable bonds is 7. The van der Waals surface area contributed by atoms with Gasteiger partial charge in [0.25, 0.3) is 0 Å². The lowest BCUT2D eigenvalue weighted by atomic mass is 10.1. The first-order valence-corrected chi connectivity index (χ1v) is 6.61. The summed E-state index contributed by atoms with van der Waals surface area (Å²) in [7, 11) is 1.66. The van der Waals surface area contributed by atoms with Gasteiger partial charge in [0.1, 0.15) is 29.9 Å². The molecule has 2 aromatic heterocycles. The van der Waals surface area contributed by atoms with Crippen molar-refractivity contribution < 1.29 is 13.6 Å². The number of hydrogen-bond acceptors (Lipinski definition) is 4. The van der Waals surface area contributed by atoms with Crippen LogP contribution in [0.3, 0.4) is 0 Å². The number of ether oxygens (including phenoxy) is 1. The molecule has 0 radical (unpaired) electrons. The van der Waals surface area contributed by atoms with Crippen LogP contribution in [0.2, 0.25) is 0 Å². The lowest BCUT2D eigenvalue weighted by Crippen LogP contribution is -2.23. The second-order valence-electron chi connectivity index (χ2n) is 4.59. The maximum atomic E-state index is 5.81. The van der Waals surface area contributed by atoms with Gasteiger partial charge in [-0.15, -0.1) is 0 Å². The van der Waals surface area contributed by atoms with Gasteiger partial charge in [0, 0.05) is 7.11 Å². The molecule has 0 aromatic carbocycles. The van der Waals surface area contributed by atoms with E-state index in [0.717, 1.165) is 35.8 Å². The fourth-order valence-electron chi connectivity index (χ4n) is 2.06. The van der Waals surface area contributed by atoms with Crippen molar-refractivity contribution in [3.63, 3.8) is 0 Å². The average Bonchev–Trinajstić information content (AvgIpc) is 3.01. The maximum absolute atomic E-state index is 5.81. The summed E-state index contributed by atoms with van der Waals surface area (Å²) in [5, 5.41) is 3.46. The SMILES string of the molecule is CCCNC(c1ccc(COC)o1)c1occc1C. The van der Waals surface area contributed by atoms with E-state index >= 15 is 0 Å². The molecule has 0 aliphatic rings. The van der Waals surface area contributed by atoms with Crippen LogP contribution in [0.1, 0.15) is 42.2 Å². The molecule has 4 heteroatoms. The van der Waals surface area contributed by atoms with Crippen LogP contribution in [0.5, 0.6) is 0 Å². The van der Waals surface area contributed by atoms with Gasteiger partial charge in [0.2, 0.25) is 0 Å². The van der Waals surface area contributed by atoms with Crippen LogP contribution in [-0.2, 0) is 11.3 Å². The third-order valence-corrected chi connectivity index (χ3v) is 3.02. The Morgan fingerprint density at radius 1 is 1.32 bits per heavy atom. The minimum atomic E-state index is -0.0412. The first-order valence-electron chi connectivity index (χ1n) is 6.61. The number of aryl methyl sites for hydroxylation is 1. The van der Waals surface area contributed by atoms with Gasteiger partial charge in [-0.25, -0.2) is 0 Å². The molecule has 0 aliphatic heterocycles. The molecule has 2 rings (SSSR count). The Kier molecular flexibility index (Phi) is 4.82. The Labute approximate surface area is 113 Å². The fraction of sp³-hybridized carbons (Fsp3) is 0.467. The summed E-state index contributed by atoms with van der Waals surface area (Å²) in [6.07, 6.45) is 2.77. The first-order chi connectivity index (χ1) is 9.26. The van der Waals surface area contributed by atoms with Crippen LogP contribution in [-0.4, -0.2) is 13.7 Å². The van der Waals surface area contributed by atoms with Gasteiger partial charge in [0.15, 0.2) is 0 Å². The molecule has 0 amide bonds. The summed E-state index contributed by atoms with van der Waals surface area (Å²) >= 11 is 0. The summed E-state index contributed by atoms with van der Waals surface area (Å²) in [5.74, 6) is 2.59. The van der Waals surface area contributed by atoms with Gasteiger partial charge in [-0.2, -0.15) is 0 Å². The summed E-state index contributed by atoms with van der Waals surface area (Å²) in [6, 6.07) is 5.84. The maximum Gasteiger partial charge on any atom is 0.131 e. The van der Waals surface area contributed by atoms with Gasteiger partial charge >= 0.3 is 0 Å². The summed E-state index contributed by atoms with van der Waals surface area (Å²) in [6.45, 7) is 5.57. The molecule has 0 saturated carbocycles. The molecule has 0 spiro atoms. The van der Waals surface area contributed by atoms with Crippen molar-refractivity contribution in [1.29, 1.82) is 0 Å². The number of furan rings is 2. The second kappa shape index (κ2) is 6.59. The van der Waals surface area contributed by atoms with Gasteiger partial charge in [-0.3, -0.25) is 0 Å². The molecule has 1 unspecified atom stereocenters. The standard InChI is InChI=1S/C15H21NO3/c1-4-8-16-14(15-11(2)7-9-18-15)13-6-5-12(19-13)10-17-3/h5-7,9,14,16H,4,8,10H2,1-3H3. The molecule has 1 atom stereocenters. The van der Waals surface area contributed by atoms with Crippen molar-refractivity contribution in [2.24, 2.45) is 0 Å². The monoisotopic (exact) mass is 263 g/mol. The van der Waals surface area contributed by atoms with Gasteiger partial charge in [0.05, 0.1) is 6.26 Å². The largest absolute Gasteiger partial charge is 0.467 e. The quantitative estimate of drug-likeness (QED) is 0.831. The third kappa shape index (κ3) is 3.28. The van der Waals surface area contributed by atoms with E-state index in [1.807, 2.05) is 25.1 Å². The molecule has 2 heterocycles. The van der Waals surface area contributed by atoms with Gasteiger partial charge in [-0.1, -0.05) is 6.92 Å². The number of methoxy groups -OCH3 is 1. The van der Waals surface area contributed by atoms with Crippen molar-refractivity contribution in [3.05, 3.63) is 47.3 Å². The summed E-state index contributed by atoms with van der Waals surface area (Å²) in [4.78, 5) is 0. The predicted molar refractivity (Wildman–Crippen MR) is 73.0 cm³/mol. The lowest BCUT2D eigenvalue weighted by Gasteiger charge is -2.15. The minimum Gasteiger partial charge on any atom is -0.467 e. The van der Waals surface area contributed by atoms with Crippen molar-refractivity contribution in [2.75, 3.05) is 13.7 Å². The van der Waals surface area contributed by atoms with Crippen LogP contribution in [0.4, 0.5) is 0 Å². The van der Waals surface area contributed by atoms with Crippen LogP contribution < -0.4 is 5.32 Å². The molecule has 0 aliphatic carbocycles. The first kappa shape index (κ1) is 13.9. The lowest BCUT2D eigenvalue weighted by molar-refractivity contribution is 0.161. The molecule has 1 N–H and O–H groups in total. The Balaban J connectivity index is 2.23. The van der Waals surface area contributed by atoms with Crippen LogP contribution in [0.25, 0.3) is 0 Å². The van der Waals surface area contributed by atoms with E-state index in [1.54, 1.807) is 13.4 Å². The van der Waals surface area contributed by atoms with E-state index in [0.29, 0.717) is 6.61 Å². The van der Waals surface area contributed by atoms with E-state index in [1.165, 1.54) is 0 Å². The summed E-state index contributed by atoms with van der Waals surface area (Å²) in [5.41, 5.74) is 1.12. The minimum absolute atomic E-state index is 0.0412. The number of nitrogens with one attached hydrogen (secondary N) is 1. The zero-order valence-corrected chi connectivity index (χ0v) is 11.7. The summed E-state index contributed by atoms with van der Waals surface area (Å²) < 4.78 is 16.5. The Hall–Kier alpha value is -1.52. The highest BCUT2D eigenvalue weighted by atomic mass is 16.5. The highest BCUT2D eigenvalue weighted by molar-refractivity contribution is 5.26. The van der Waals surface area contributed by atoms with Gasteiger partial charge in [-0.05, 0) is 43.7 Å². The van der Waals surface area contributed by atoms with Crippen molar-refractivity contribution in [2.45, 2.75) is 32.9 Å². The zero-order valence-electron chi connectivity index (χ0n) is 11.7. The van der Waals surface area contributed by atoms with E-state index in [2.05, 4.69) is 12.2 Å². The predicted octanol–water partition coefficient (Wildman–Crippen LogP) is 3.42. The fourth-order valence-corrected chi connectivity index (χ4v) is 2.06. The van der Waals surface area contributed by atoms with E-state index < -0.39 is 0 Å². The Morgan fingerprint density at radius 3 is 2.79 bits per heavy atom. The molecule has 2 aromatic rings. The molecule has 0 fully saturated rings. The highest BCUT2D eigenvalue weighted by Crippen LogP contribution is 2.27. The average molecular weight is 263 g/mol. The van der Waals surface area contributed by atoms with Crippen molar-refractivity contribution in [3.8, 4) is 0 Å². The Bertz CT molecular complexity index is 501. The molecular formula is C15H21NO3. The zero-order chi connectivity index (χ0) is 13.7. The number of hydrogen-bond donors (Lipinski definition) is 1.